The third-order valence-corrected chi connectivity index (χ3v) is 3.36. The fraction of sp³-hybridized carbons (Fsp3) is 0.100. The van der Waals surface area contributed by atoms with Crippen molar-refractivity contribution >= 4 is 12.0 Å². The van der Waals surface area contributed by atoms with E-state index < -0.39 is 0 Å². The fourth-order valence-corrected chi connectivity index (χ4v) is 2.08. The molecule has 114 valence electrons. The summed E-state index contributed by atoms with van der Waals surface area (Å²) in [4.78, 5) is 12.2. The summed E-state index contributed by atoms with van der Waals surface area (Å²) in [7, 11) is 0. The summed E-state index contributed by atoms with van der Waals surface area (Å²) in [5.41, 5.74) is 2.09. The average Bonchev–Trinajstić information content (AvgIpc) is 2.60. The van der Waals surface area contributed by atoms with E-state index in [2.05, 4.69) is 5.32 Å². The average molecular weight is 302 g/mol. The topological polar surface area (TPSA) is 52.9 Å². The van der Waals surface area contributed by atoms with Crippen molar-refractivity contribution in [1.82, 2.24) is 5.32 Å². The van der Waals surface area contributed by atoms with Crippen LogP contribution in [-0.2, 0) is 4.79 Å². The standard InChI is InChI=1S/C20H18N2O/c1-16(18-12-6-3-7-13-18)22-20(23)19(15-21)14-8-11-17-9-4-2-5-10-17/h2-14,16H,1H3,(H,22,23). The second-order valence-electron chi connectivity index (χ2n) is 5.07. The molecule has 0 aliphatic heterocycles. The lowest BCUT2D eigenvalue weighted by Crippen LogP contribution is -2.27. The molecule has 1 N–H and O–H groups in total. The minimum absolute atomic E-state index is 0.0833. The van der Waals surface area contributed by atoms with E-state index in [9.17, 15) is 4.79 Å². The van der Waals surface area contributed by atoms with Crippen molar-refractivity contribution in [3.8, 4) is 6.07 Å². The molecule has 0 aliphatic carbocycles. The smallest absolute Gasteiger partial charge is 0.262 e. The Balaban J connectivity index is 2.02. The molecule has 1 atom stereocenters. The van der Waals surface area contributed by atoms with Crippen LogP contribution >= 0.6 is 0 Å². The van der Waals surface area contributed by atoms with Gasteiger partial charge in [-0.1, -0.05) is 72.8 Å². The van der Waals surface area contributed by atoms with Crippen LogP contribution < -0.4 is 5.32 Å². The first kappa shape index (κ1) is 16.3. The van der Waals surface area contributed by atoms with Crippen molar-refractivity contribution in [2.45, 2.75) is 13.0 Å². The molecule has 3 nitrogen and oxygen atoms in total. The third-order valence-electron chi connectivity index (χ3n) is 3.36. The van der Waals surface area contributed by atoms with Crippen LogP contribution in [-0.4, -0.2) is 5.91 Å². The lowest BCUT2D eigenvalue weighted by Gasteiger charge is -2.13. The van der Waals surface area contributed by atoms with Crippen LogP contribution in [0.15, 0.2) is 78.4 Å². The molecular weight excluding hydrogens is 284 g/mol. The van der Waals surface area contributed by atoms with Crippen molar-refractivity contribution in [2.75, 3.05) is 0 Å². The zero-order chi connectivity index (χ0) is 16.5. The third kappa shape index (κ3) is 4.98. The van der Waals surface area contributed by atoms with Gasteiger partial charge in [0.25, 0.3) is 5.91 Å². The van der Waals surface area contributed by atoms with Gasteiger partial charge in [0.15, 0.2) is 0 Å². The van der Waals surface area contributed by atoms with E-state index >= 15 is 0 Å². The quantitative estimate of drug-likeness (QED) is 0.515. The van der Waals surface area contributed by atoms with Gasteiger partial charge in [0, 0.05) is 0 Å². The molecule has 0 saturated heterocycles. The number of nitriles is 1. The number of nitrogens with one attached hydrogen (secondary N) is 1. The molecular formula is C20H18N2O. The van der Waals surface area contributed by atoms with Gasteiger partial charge in [-0.25, -0.2) is 0 Å². The first-order chi connectivity index (χ1) is 11.2. The molecule has 23 heavy (non-hydrogen) atoms. The highest BCUT2D eigenvalue weighted by Gasteiger charge is 2.12. The van der Waals surface area contributed by atoms with Gasteiger partial charge in [0.1, 0.15) is 11.6 Å². The molecule has 3 heteroatoms. The number of allylic oxidation sites excluding steroid dienone is 2. The van der Waals surface area contributed by atoms with Crippen LogP contribution in [0.1, 0.15) is 24.1 Å². The number of hydrogen-bond acceptors (Lipinski definition) is 2. The number of amides is 1. The van der Waals surface area contributed by atoms with Gasteiger partial charge in [-0.05, 0) is 24.1 Å². The lowest BCUT2D eigenvalue weighted by atomic mass is 10.1. The van der Waals surface area contributed by atoms with Crippen LogP contribution in [0.4, 0.5) is 0 Å². The minimum atomic E-state index is -0.374. The Morgan fingerprint density at radius 1 is 1.09 bits per heavy atom. The zero-order valence-corrected chi connectivity index (χ0v) is 12.9. The maximum atomic E-state index is 12.2. The predicted octanol–water partition coefficient (Wildman–Crippen LogP) is 4.03. The number of rotatable bonds is 5. The molecule has 1 unspecified atom stereocenters. The Morgan fingerprint density at radius 2 is 1.70 bits per heavy atom. The Labute approximate surface area is 136 Å². The lowest BCUT2D eigenvalue weighted by molar-refractivity contribution is -0.117. The van der Waals surface area contributed by atoms with Gasteiger partial charge in [0.05, 0.1) is 6.04 Å². The van der Waals surface area contributed by atoms with Crippen molar-refractivity contribution in [3.05, 3.63) is 89.5 Å². The highest BCUT2D eigenvalue weighted by atomic mass is 16.1. The van der Waals surface area contributed by atoms with E-state index in [1.54, 1.807) is 6.08 Å². The maximum Gasteiger partial charge on any atom is 0.262 e. The predicted molar refractivity (Wildman–Crippen MR) is 92.2 cm³/mol. The zero-order valence-electron chi connectivity index (χ0n) is 12.9. The fourth-order valence-electron chi connectivity index (χ4n) is 2.08. The molecule has 0 saturated carbocycles. The second kappa shape index (κ2) is 8.35. The van der Waals surface area contributed by atoms with Crippen LogP contribution in [0.25, 0.3) is 6.08 Å². The SMILES string of the molecule is CC(NC(=O)C(C#N)=CC=Cc1ccccc1)c1ccccc1. The van der Waals surface area contributed by atoms with E-state index in [1.165, 1.54) is 6.08 Å². The monoisotopic (exact) mass is 302 g/mol. The summed E-state index contributed by atoms with van der Waals surface area (Å²) in [5, 5.41) is 12.0. The van der Waals surface area contributed by atoms with Gasteiger partial charge in [-0.2, -0.15) is 5.26 Å². The van der Waals surface area contributed by atoms with E-state index in [-0.39, 0.29) is 17.5 Å². The second-order valence-corrected chi connectivity index (χ2v) is 5.07. The van der Waals surface area contributed by atoms with Crippen molar-refractivity contribution in [3.63, 3.8) is 0 Å². The number of nitrogens with zero attached hydrogens (tertiary/aromatic N) is 1. The van der Waals surface area contributed by atoms with Gasteiger partial charge >= 0.3 is 0 Å². The Bertz CT molecular complexity index is 740. The molecule has 2 rings (SSSR count). The normalized spacial score (nSPS) is 12.6. The van der Waals surface area contributed by atoms with Crippen LogP contribution in [0.2, 0.25) is 0 Å². The highest BCUT2D eigenvalue weighted by Crippen LogP contribution is 2.12. The molecule has 1 amide bonds. The molecule has 0 bridgehead atoms. The Morgan fingerprint density at radius 3 is 2.30 bits per heavy atom. The summed E-state index contributed by atoms with van der Waals surface area (Å²) in [6.07, 6.45) is 5.09. The first-order valence-electron chi connectivity index (χ1n) is 7.40. The Hall–Kier alpha value is -3.12. The van der Waals surface area contributed by atoms with Gasteiger partial charge in [0.2, 0.25) is 0 Å². The molecule has 0 aromatic heterocycles. The summed E-state index contributed by atoms with van der Waals surface area (Å²) < 4.78 is 0. The van der Waals surface area contributed by atoms with Crippen molar-refractivity contribution in [1.29, 1.82) is 5.26 Å². The largest absolute Gasteiger partial charge is 0.345 e. The van der Waals surface area contributed by atoms with Gasteiger partial charge in [-0.15, -0.1) is 0 Å². The minimum Gasteiger partial charge on any atom is -0.345 e. The summed E-state index contributed by atoms with van der Waals surface area (Å²) >= 11 is 0. The van der Waals surface area contributed by atoms with Crippen LogP contribution in [0.5, 0.6) is 0 Å². The van der Waals surface area contributed by atoms with E-state index in [0.29, 0.717) is 0 Å². The molecule has 0 spiro atoms. The number of carbonyl (C=O) groups excluding carboxylic acids is 1. The highest BCUT2D eigenvalue weighted by molar-refractivity contribution is 5.97. The van der Waals surface area contributed by atoms with E-state index in [4.69, 9.17) is 5.26 Å². The molecule has 2 aromatic carbocycles. The molecule has 0 radical (unpaired) electrons. The van der Waals surface area contributed by atoms with Crippen molar-refractivity contribution in [2.24, 2.45) is 0 Å². The van der Waals surface area contributed by atoms with Crippen LogP contribution in [0, 0.1) is 11.3 Å². The number of carbonyl (C=O) groups is 1. The molecule has 0 aliphatic rings. The van der Waals surface area contributed by atoms with Crippen LogP contribution in [0.3, 0.4) is 0 Å². The number of hydrogen-bond donors (Lipinski definition) is 1. The van der Waals surface area contributed by atoms with Gasteiger partial charge in [-0.3, -0.25) is 4.79 Å². The van der Waals surface area contributed by atoms with Crippen molar-refractivity contribution < 1.29 is 4.79 Å². The summed E-state index contributed by atoms with van der Waals surface area (Å²) in [5.74, 6) is -0.374. The Kier molecular flexibility index (Phi) is 5.90. The molecule has 0 heterocycles. The molecule has 2 aromatic rings. The number of benzene rings is 2. The first-order valence-corrected chi connectivity index (χ1v) is 7.40. The van der Waals surface area contributed by atoms with E-state index in [1.807, 2.05) is 79.7 Å². The summed E-state index contributed by atoms with van der Waals surface area (Å²) in [6.45, 7) is 1.89. The maximum absolute atomic E-state index is 12.2. The van der Waals surface area contributed by atoms with E-state index in [0.717, 1.165) is 11.1 Å². The van der Waals surface area contributed by atoms with Gasteiger partial charge < -0.3 is 5.32 Å². The molecule has 0 fully saturated rings. The summed E-state index contributed by atoms with van der Waals surface area (Å²) in [6, 6.07) is 21.1.